The summed E-state index contributed by atoms with van der Waals surface area (Å²) < 4.78 is 39.6. The van der Waals surface area contributed by atoms with E-state index in [2.05, 4.69) is 106 Å². The van der Waals surface area contributed by atoms with Crippen LogP contribution in [-0.2, 0) is 42.2 Å². The molecule has 12 heteroatoms. The average molecular weight is 1090 g/mol. The highest BCUT2D eigenvalue weighted by molar-refractivity contribution is 7.47. The van der Waals surface area contributed by atoms with Crippen molar-refractivity contribution in [3.63, 3.8) is 0 Å². The summed E-state index contributed by atoms with van der Waals surface area (Å²) in [4.78, 5) is 48.6. The van der Waals surface area contributed by atoms with Gasteiger partial charge in [0.25, 0.3) is 0 Å². The number of aliphatic hydroxyl groups excluding tert-OH is 1. The number of rotatable bonds is 56. The number of hydrogen-bond acceptors (Lipinski definition) is 10. The third kappa shape index (κ3) is 55.4. The zero-order valence-electron chi connectivity index (χ0n) is 48.5. The zero-order chi connectivity index (χ0) is 55.5. The quantitative estimate of drug-likeness (QED) is 0.0197. The van der Waals surface area contributed by atoms with Crippen LogP contribution in [0.3, 0.4) is 0 Å². The van der Waals surface area contributed by atoms with Gasteiger partial charge in [-0.3, -0.25) is 23.4 Å². The molecule has 11 nitrogen and oxygen atoms in total. The highest BCUT2D eigenvalue weighted by Crippen LogP contribution is 2.43. The lowest BCUT2D eigenvalue weighted by Gasteiger charge is -2.21. The summed E-state index contributed by atoms with van der Waals surface area (Å²) in [5.74, 6) is -1.51. The Morgan fingerprint density at radius 1 is 0.382 bits per heavy atom. The fourth-order valence-corrected chi connectivity index (χ4v) is 8.92. The van der Waals surface area contributed by atoms with Gasteiger partial charge in [-0.15, -0.1) is 0 Å². The van der Waals surface area contributed by atoms with E-state index in [4.69, 9.17) is 23.3 Å². The van der Waals surface area contributed by atoms with Crippen LogP contribution in [0.5, 0.6) is 0 Å². The van der Waals surface area contributed by atoms with E-state index in [0.717, 1.165) is 122 Å². The Balaban J connectivity index is 4.75. The molecule has 0 fully saturated rings. The number of esters is 3. The van der Waals surface area contributed by atoms with Gasteiger partial charge in [-0.1, -0.05) is 215 Å². The molecule has 0 aromatic heterocycles. The van der Waals surface area contributed by atoms with Crippen molar-refractivity contribution >= 4 is 25.7 Å². The van der Waals surface area contributed by atoms with Gasteiger partial charge in [-0.2, -0.15) is 0 Å². The first kappa shape index (κ1) is 72.7. The third-order valence-corrected chi connectivity index (χ3v) is 13.7. The molecule has 438 valence electrons. The van der Waals surface area contributed by atoms with Crippen LogP contribution < -0.4 is 0 Å². The summed E-state index contributed by atoms with van der Waals surface area (Å²) in [5.41, 5.74) is 0. The summed E-state index contributed by atoms with van der Waals surface area (Å²) in [6.07, 6.45) is 66.7. The Kier molecular flexibility index (Phi) is 55.3. The van der Waals surface area contributed by atoms with Gasteiger partial charge in [0, 0.05) is 19.3 Å². The van der Waals surface area contributed by atoms with Gasteiger partial charge >= 0.3 is 25.7 Å². The number of phosphoric acid groups is 1. The summed E-state index contributed by atoms with van der Waals surface area (Å²) in [7, 11) is -4.76. The monoisotopic (exact) mass is 1090 g/mol. The molecule has 0 radical (unpaired) electrons. The number of unbranched alkanes of at least 4 members (excludes halogenated alkanes) is 25. The van der Waals surface area contributed by atoms with E-state index in [1.54, 1.807) is 0 Å². The van der Waals surface area contributed by atoms with Crippen molar-refractivity contribution in [2.75, 3.05) is 26.4 Å². The molecule has 3 unspecified atom stereocenters. The van der Waals surface area contributed by atoms with E-state index >= 15 is 0 Å². The molecule has 0 aliphatic rings. The first-order chi connectivity index (χ1) is 37.2. The molecule has 0 saturated heterocycles. The predicted molar refractivity (Wildman–Crippen MR) is 316 cm³/mol. The number of hydrogen-bond donors (Lipinski definition) is 2. The molecule has 0 aliphatic carbocycles. The van der Waals surface area contributed by atoms with Crippen LogP contribution in [0.15, 0.2) is 85.1 Å². The van der Waals surface area contributed by atoms with Gasteiger partial charge < -0.3 is 24.2 Å². The SMILES string of the molecule is CC/C=C\C/C=C\C/C=C\C/C=C\CCCCCCC(=O)OC(COC(=O)CCCCCCC/C=C\C/C=C\CCCCC)COP(=O)(O)OCC(CO)OC(=O)CCCCCCCCC/C=C\CCCCCCCC. The number of carbonyl (C=O) groups is 3. The van der Waals surface area contributed by atoms with Crippen molar-refractivity contribution in [2.45, 2.75) is 277 Å². The highest BCUT2D eigenvalue weighted by Gasteiger charge is 2.28. The second kappa shape index (κ2) is 57.8. The van der Waals surface area contributed by atoms with E-state index in [1.165, 1.54) is 83.5 Å². The molecule has 2 N–H and O–H groups in total. The third-order valence-electron chi connectivity index (χ3n) is 12.8. The number of carbonyl (C=O) groups excluding carboxylic acids is 3. The van der Waals surface area contributed by atoms with Crippen LogP contribution in [0.4, 0.5) is 0 Å². The predicted octanol–water partition coefficient (Wildman–Crippen LogP) is 18.3. The van der Waals surface area contributed by atoms with Crippen molar-refractivity contribution in [1.82, 2.24) is 0 Å². The first-order valence-corrected chi connectivity index (χ1v) is 32.0. The number of aliphatic hydroxyl groups is 1. The minimum Gasteiger partial charge on any atom is -0.462 e. The number of allylic oxidation sites excluding steroid dienone is 14. The molecule has 0 rings (SSSR count). The fourth-order valence-electron chi connectivity index (χ4n) is 8.14. The Morgan fingerprint density at radius 2 is 0.684 bits per heavy atom. The van der Waals surface area contributed by atoms with Gasteiger partial charge in [0.1, 0.15) is 12.7 Å². The van der Waals surface area contributed by atoms with Crippen LogP contribution in [0, 0.1) is 0 Å². The van der Waals surface area contributed by atoms with Crippen molar-refractivity contribution in [3.05, 3.63) is 85.1 Å². The van der Waals surface area contributed by atoms with Gasteiger partial charge in [0.15, 0.2) is 6.10 Å². The molecule has 76 heavy (non-hydrogen) atoms. The molecule has 0 bridgehead atoms. The minimum atomic E-state index is -4.76. The van der Waals surface area contributed by atoms with Crippen LogP contribution in [0.25, 0.3) is 0 Å². The van der Waals surface area contributed by atoms with Gasteiger partial charge in [0.2, 0.25) is 0 Å². The smallest absolute Gasteiger partial charge is 0.462 e. The first-order valence-electron chi connectivity index (χ1n) is 30.5. The lowest BCUT2D eigenvalue weighted by molar-refractivity contribution is -0.161. The number of phosphoric ester groups is 1. The maximum Gasteiger partial charge on any atom is 0.472 e. The Bertz CT molecular complexity index is 1600. The molecule has 0 aromatic carbocycles. The lowest BCUT2D eigenvalue weighted by atomic mass is 10.1. The Labute approximate surface area is 464 Å². The molecule has 0 saturated carbocycles. The summed E-state index contributed by atoms with van der Waals surface area (Å²) in [5, 5.41) is 9.84. The van der Waals surface area contributed by atoms with Crippen LogP contribution in [-0.4, -0.2) is 66.5 Å². The van der Waals surface area contributed by atoms with Crippen molar-refractivity contribution < 1.29 is 52.2 Å². The molecule has 0 spiro atoms. The Morgan fingerprint density at radius 3 is 1.09 bits per heavy atom. The maximum absolute atomic E-state index is 12.9. The minimum absolute atomic E-state index is 0.134. The zero-order valence-corrected chi connectivity index (χ0v) is 49.3. The van der Waals surface area contributed by atoms with E-state index in [0.29, 0.717) is 19.3 Å². The summed E-state index contributed by atoms with van der Waals surface area (Å²) in [6, 6.07) is 0. The largest absolute Gasteiger partial charge is 0.472 e. The van der Waals surface area contributed by atoms with E-state index in [1.807, 2.05) is 0 Å². The normalized spacial score (nSPS) is 13.9. The molecular weight excluding hydrogens is 976 g/mol. The molecule has 3 atom stereocenters. The molecule has 0 amide bonds. The second-order valence-electron chi connectivity index (χ2n) is 20.1. The Hall–Kier alpha value is -3.34. The van der Waals surface area contributed by atoms with E-state index < -0.39 is 57.8 Å². The summed E-state index contributed by atoms with van der Waals surface area (Å²) in [6.45, 7) is 4.47. The van der Waals surface area contributed by atoms with Crippen molar-refractivity contribution in [3.8, 4) is 0 Å². The fraction of sp³-hybridized carbons (Fsp3) is 0.734. The van der Waals surface area contributed by atoms with Gasteiger partial charge in [0.05, 0.1) is 19.8 Å². The lowest BCUT2D eigenvalue weighted by Crippen LogP contribution is -2.30. The molecule has 0 aliphatic heterocycles. The molecule has 0 aromatic rings. The van der Waals surface area contributed by atoms with Gasteiger partial charge in [-0.25, -0.2) is 4.57 Å². The highest BCUT2D eigenvalue weighted by atomic mass is 31.2. The summed E-state index contributed by atoms with van der Waals surface area (Å²) >= 11 is 0. The topological polar surface area (TPSA) is 155 Å². The molecule has 0 heterocycles. The van der Waals surface area contributed by atoms with Crippen molar-refractivity contribution in [1.29, 1.82) is 0 Å². The average Bonchev–Trinajstić information content (AvgIpc) is 3.41. The van der Waals surface area contributed by atoms with Crippen LogP contribution in [0.2, 0.25) is 0 Å². The van der Waals surface area contributed by atoms with Gasteiger partial charge in [-0.05, 0) is 116 Å². The van der Waals surface area contributed by atoms with Crippen molar-refractivity contribution in [2.24, 2.45) is 0 Å². The van der Waals surface area contributed by atoms with E-state index in [-0.39, 0.29) is 25.9 Å². The maximum atomic E-state index is 12.9. The molecular formula is C64H111O11P. The van der Waals surface area contributed by atoms with Crippen LogP contribution >= 0.6 is 7.82 Å². The second-order valence-corrected chi connectivity index (χ2v) is 21.6. The van der Waals surface area contributed by atoms with Crippen LogP contribution in [0.1, 0.15) is 265 Å². The van der Waals surface area contributed by atoms with E-state index in [9.17, 15) is 28.9 Å². The standard InChI is InChI=1S/C64H111O11P/c1-4-7-10-13-16-19-22-25-28-30-33-36-39-42-45-48-51-54-63(67)74-60(56-65)58-72-76(69,70)73-59-61(57-71-62(66)53-50-47-44-41-38-35-32-27-24-21-18-15-12-9-6-3)75-64(68)55-52-49-46-43-40-37-34-31-29-26-23-20-17-14-11-8-5-2/h8,11,17-18,20-21,25-29,32,34,37,60-61,65H,4-7,9-10,12-16,19,22-24,30-31,33,35-36,38-59H2,1-3H3,(H,69,70)/b11-8-,20-17-,21-18-,28-25-,29-26-,32-27-,37-34-. The number of ether oxygens (including phenoxy) is 3.